The summed E-state index contributed by atoms with van der Waals surface area (Å²) < 4.78 is 16.9. The molecule has 0 aromatic carbocycles. The molecular formula is C60H116O6. The number of hydrogen-bond acceptors (Lipinski definition) is 6. The van der Waals surface area contributed by atoms with Crippen molar-refractivity contribution in [1.82, 2.24) is 0 Å². The minimum Gasteiger partial charge on any atom is -0.462 e. The summed E-state index contributed by atoms with van der Waals surface area (Å²) in [4.78, 5) is 38.1. The van der Waals surface area contributed by atoms with Crippen molar-refractivity contribution >= 4 is 17.9 Å². The van der Waals surface area contributed by atoms with E-state index in [1.807, 2.05) is 0 Å². The topological polar surface area (TPSA) is 78.9 Å². The monoisotopic (exact) mass is 933 g/mol. The van der Waals surface area contributed by atoms with Gasteiger partial charge in [0.1, 0.15) is 13.2 Å². The maximum absolute atomic E-state index is 12.8. The van der Waals surface area contributed by atoms with Crippen molar-refractivity contribution in [3.63, 3.8) is 0 Å². The molecule has 0 N–H and O–H groups in total. The first-order valence-electron chi connectivity index (χ1n) is 29.7. The van der Waals surface area contributed by atoms with E-state index in [2.05, 4.69) is 41.5 Å². The number of hydrogen-bond donors (Lipinski definition) is 0. The standard InChI is InChI=1S/C60H116O6/c1-7-55(5)47-41-35-29-23-19-15-13-11-9-10-12-14-16-20-24-31-37-43-49-58(61)64-52-57(53-65-59(62)50-44-38-32-27-26-30-36-42-48-56(6)8-2)66-60(63)51-45-39-33-25-21-17-18-22-28-34-40-46-54(3)4/h54-57H,7-53H2,1-6H3/t55?,56?,57-/m0/s1. The van der Waals surface area contributed by atoms with Gasteiger partial charge < -0.3 is 14.2 Å². The van der Waals surface area contributed by atoms with Crippen molar-refractivity contribution in [2.45, 2.75) is 337 Å². The van der Waals surface area contributed by atoms with Crippen LogP contribution in [-0.4, -0.2) is 37.2 Å². The molecule has 0 fully saturated rings. The summed E-state index contributed by atoms with van der Waals surface area (Å²) in [6.07, 6.45) is 53.8. The number of carbonyl (C=O) groups excluding carboxylic acids is 3. The van der Waals surface area contributed by atoms with E-state index in [9.17, 15) is 14.4 Å². The molecule has 0 aromatic heterocycles. The van der Waals surface area contributed by atoms with Gasteiger partial charge in [-0.25, -0.2) is 0 Å². The fourth-order valence-electron chi connectivity index (χ4n) is 9.11. The first kappa shape index (κ1) is 64.4. The van der Waals surface area contributed by atoms with E-state index in [1.54, 1.807) is 0 Å². The summed E-state index contributed by atoms with van der Waals surface area (Å²) in [5.74, 6) is 1.74. The Balaban J connectivity index is 4.23. The Bertz CT molecular complexity index is 1030. The molecule has 392 valence electrons. The number of rotatable bonds is 53. The minimum atomic E-state index is -0.764. The molecule has 0 aromatic rings. The van der Waals surface area contributed by atoms with Gasteiger partial charge in [0, 0.05) is 19.3 Å². The van der Waals surface area contributed by atoms with Crippen LogP contribution < -0.4 is 0 Å². The van der Waals surface area contributed by atoms with Crippen molar-refractivity contribution in [1.29, 1.82) is 0 Å². The Morgan fingerprint density at radius 1 is 0.303 bits per heavy atom. The van der Waals surface area contributed by atoms with Crippen molar-refractivity contribution < 1.29 is 28.6 Å². The van der Waals surface area contributed by atoms with E-state index in [0.717, 1.165) is 75.5 Å². The molecule has 0 aliphatic carbocycles. The molecule has 0 rings (SSSR count). The van der Waals surface area contributed by atoms with E-state index >= 15 is 0 Å². The first-order chi connectivity index (χ1) is 32.2. The quantitative estimate of drug-likeness (QED) is 0.0343. The SMILES string of the molecule is CCC(C)CCCCCCCCCCCCCCCCCCCCC(=O)OC[C@@H](COC(=O)CCCCCCCCCCC(C)CC)OC(=O)CCCCCCCCCCCCCC(C)C. The molecule has 0 amide bonds. The molecular weight excluding hydrogens is 817 g/mol. The lowest BCUT2D eigenvalue weighted by molar-refractivity contribution is -0.167. The van der Waals surface area contributed by atoms with Gasteiger partial charge in [0.25, 0.3) is 0 Å². The van der Waals surface area contributed by atoms with E-state index < -0.39 is 6.10 Å². The third-order valence-electron chi connectivity index (χ3n) is 14.4. The molecule has 0 radical (unpaired) electrons. The molecule has 3 atom stereocenters. The Morgan fingerprint density at radius 2 is 0.530 bits per heavy atom. The summed E-state index contributed by atoms with van der Waals surface area (Å²) >= 11 is 0. The summed E-state index contributed by atoms with van der Waals surface area (Å²) in [6, 6.07) is 0. The molecule has 0 saturated heterocycles. The lowest BCUT2D eigenvalue weighted by Gasteiger charge is -2.18. The van der Waals surface area contributed by atoms with Crippen molar-refractivity contribution in [2.24, 2.45) is 17.8 Å². The largest absolute Gasteiger partial charge is 0.462 e. The average Bonchev–Trinajstić information content (AvgIpc) is 3.30. The number of carbonyl (C=O) groups is 3. The van der Waals surface area contributed by atoms with Gasteiger partial charge >= 0.3 is 17.9 Å². The third kappa shape index (κ3) is 50.3. The van der Waals surface area contributed by atoms with Crippen LogP contribution >= 0.6 is 0 Å². The van der Waals surface area contributed by atoms with Crippen LogP contribution in [-0.2, 0) is 28.6 Å². The van der Waals surface area contributed by atoms with Gasteiger partial charge in [0.15, 0.2) is 6.10 Å². The van der Waals surface area contributed by atoms with E-state index in [4.69, 9.17) is 14.2 Å². The minimum absolute atomic E-state index is 0.0638. The maximum atomic E-state index is 12.8. The molecule has 66 heavy (non-hydrogen) atoms. The first-order valence-corrected chi connectivity index (χ1v) is 29.7. The molecule has 0 aliphatic heterocycles. The summed E-state index contributed by atoms with van der Waals surface area (Å²) in [7, 11) is 0. The van der Waals surface area contributed by atoms with Gasteiger partial charge in [0.2, 0.25) is 0 Å². The second kappa shape index (κ2) is 51.3. The van der Waals surface area contributed by atoms with Gasteiger partial charge in [0.05, 0.1) is 0 Å². The molecule has 0 heterocycles. The van der Waals surface area contributed by atoms with Gasteiger partial charge in [-0.1, -0.05) is 292 Å². The Hall–Kier alpha value is -1.59. The van der Waals surface area contributed by atoms with E-state index in [1.165, 1.54) is 212 Å². The highest BCUT2D eigenvalue weighted by Gasteiger charge is 2.19. The van der Waals surface area contributed by atoms with E-state index in [-0.39, 0.29) is 31.1 Å². The molecule has 0 spiro atoms. The van der Waals surface area contributed by atoms with Gasteiger partial charge in [-0.15, -0.1) is 0 Å². The normalized spacial score (nSPS) is 13.0. The molecule has 6 nitrogen and oxygen atoms in total. The van der Waals surface area contributed by atoms with Crippen LogP contribution in [0.5, 0.6) is 0 Å². The zero-order valence-electron chi connectivity index (χ0n) is 45.5. The zero-order valence-corrected chi connectivity index (χ0v) is 45.5. The molecule has 2 unspecified atom stereocenters. The third-order valence-corrected chi connectivity index (χ3v) is 14.4. The lowest BCUT2D eigenvalue weighted by Crippen LogP contribution is -2.30. The molecule has 0 saturated carbocycles. The van der Waals surface area contributed by atoms with Crippen molar-refractivity contribution in [3.8, 4) is 0 Å². The highest BCUT2D eigenvalue weighted by Crippen LogP contribution is 2.19. The van der Waals surface area contributed by atoms with Gasteiger partial charge in [-0.05, 0) is 37.0 Å². The lowest BCUT2D eigenvalue weighted by atomic mass is 9.99. The Kier molecular flexibility index (Phi) is 50.0. The zero-order chi connectivity index (χ0) is 48.4. The molecule has 0 bridgehead atoms. The van der Waals surface area contributed by atoms with E-state index in [0.29, 0.717) is 19.3 Å². The number of esters is 3. The van der Waals surface area contributed by atoms with Crippen LogP contribution in [0.3, 0.4) is 0 Å². The van der Waals surface area contributed by atoms with Crippen LogP contribution in [0.15, 0.2) is 0 Å². The predicted molar refractivity (Wildman–Crippen MR) is 284 cm³/mol. The van der Waals surface area contributed by atoms with Crippen molar-refractivity contribution in [3.05, 3.63) is 0 Å². The average molecular weight is 934 g/mol. The number of unbranched alkanes of at least 4 members (excludes halogenated alkanes) is 34. The number of ether oxygens (including phenoxy) is 3. The van der Waals surface area contributed by atoms with Crippen molar-refractivity contribution in [2.75, 3.05) is 13.2 Å². The second-order valence-corrected chi connectivity index (χ2v) is 21.6. The predicted octanol–water partition coefficient (Wildman–Crippen LogP) is 19.5. The summed E-state index contributed by atoms with van der Waals surface area (Å²) in [5, 5.41) is 0. The van der Waals surface area contributed by atoms with Gasteiger partial charge in [-0.3, -0.25) is 14.4 Å². The van der Waals surface area contributed by atoms with Gasteiger partial charge in [-0.2, -0.15) is 0 Å². The fraction of sp³-hybridized carbons (Fsp3) is 0.950. The summed E-state index contributed by atoms with van der Waals surface area (Å²) in [5.41, 5.74) is 0. The van der Waals surface area contributed by atoms with Crippen LogP contribution in [0.4, 0.5) is 0 Å². The van der Waals surface area contributed by atoms with Crippen LogP contribution in [0.1, 0.15) is 330 Å². The highest BCUT2D eigenvalue weighted by molar-refractivity contribution is 5.71. The fourth-order valence-corrected chi connectivity index (χ4v) is 9.11. The molecule has 0 aliphatic rings. The second-order valence-electron chi connectivity index (χ2n) is 21.6. The molecule has 6 heteroatoms. The van der Waals surface area contributed by atoms with Crippen LogP contribution in [0, 0.1) is 17.8 Å². The van der Waals surface area contributed by atoms with Crippen LogP contribution in [0.2, 0.25) is 0 Å². The smallest absolute Gasteiger partial charge is 0.306 e. The summed E-state index contributed by atoms with van der Waals surface area (Å²) in [6.45, 7) is 13.8. The highest BCUT2D eigenvalue weighted by atomic mass is 16.6. The maximum Gasteiger partial charge on any atom is 0.306 e. The van der Waals surface area contributed by atoms with Crippen LogP contribution in [0.25, 0.3) is 0 Å². The Labute approximate surface area is 412 Å². The Morgan fingerprint density at radius 3 is 0.788 bits per heavy atom.